The predicted molar refractivity (Wildman–Crippen MR) is 117 cm³/mol. The molecule has 3 aromatic rings. The van der Waals surface area contributed by atoms with Crippen LogP contribution in [0.1, 0.15) is 10.4 Å². The van der Waals surface area contributed by atoms with E-state index in [1.807, 2.05) is 6.07 Å². The molecule has 0 aliphatic carbocycles. The SMILES string of the molecule is COc1ccc2nc(NC(=O)CNC(=O)CNC(=O)c3ccc(Cl)cc3Cl)sc2c1. The van der Waals surface area contributed by atoms with Crippen molar-refractivity contribution in [3.05, 3.63) is 52.0 Å². The van der Waals surface area contributed by atoms with Crippen LogP contribution < -0.4 is 20.7 Å². The van der Waals surface area contributed by atoms with Gasteiger partial charge in [-0.3, -0.25) is 14.4 Å². The molecule has 0 atom stereocenters. The number of fused-ring (bicyclic) bond motifs is 1. The maximum atomic E-state index is 12.1. The van der Waals surface area contributed by atoms with Gasteiger partial charge in [0.2, 0.25) is 11.8 Å². The summed E-state index contributed by atoms with van der Waals surface area (Å²) in [5, 5.41) is 8.45. The minimum absolute atomic E-state index is 0.174. The summed E-state index contributed by atoms with van der Waals surface area (Å²) < 4.78 is 6.02. The van der Waals surface area contributed by atoms with Crippen LogP contribution in [-0.2, 0) is 9.59 Å². The first-order valence-corrected chi connectivity index (χ1v) is 10.2. The third-order valence-corrected chi connectivity index (χ3v) is 5.35. The molecule has 0 aliphatic rings. The van der Waals surface area contributed by atoms with Crippen LogP contribution in [0.5, 0.6) is 5.75 Å². The molecule has 2 aromatic carbocycles. The highest BCUT2D eigenvalue weighted by Crippen LogP contribution is 2.29. The van der Waals surface area contributed by atoms with E-state index in [0.29, 0.717) is 15.9 Å². The summed E-state index contributed by atoms with van der Waals surface area (Å²) in [4.78, 5) is 40.3. The summed E-state index contributed by atoms with van der Waals surface area (Å²) in [6.45, 7) is -0.582. The Kier molecular flexibility index (Phi) is 7.09. The van der Waals surface area contributed by atoms with Crippen LogP contribution in [0.4, 0.5) is 5.13 Å². The van der Waals surface area contributed by atoms with Crippen molar-refractivity contribution in [3.8, 4) is 5.75 Å². The molecule has 11 heteroatoms. The van der Waals surface area contributed by atoms with Gasteiger partial charge in [-0.15, -0.1) is 0 Å². The van der Waals surface area contributed by atoms with E-state index in [-0.39, 0.29) is 23.7 Å². The average Bonchev–Trinajstić information content (AvgIpc) is 3.11. The number of amides is 3. The summed E-state index contributed by atoms with van der Waals surface area (Å²) in [6, 6.07) is 9.79. The minimum Gasteiger partial charge on any atom is -0.497 e. The molecule has 3 rings (SSSR count). The molecule has 3 amide bonds. The normalized spacial score (nSPS) is 10.5. The van der Waals surface area contributed by atoms with Gasteiger partial charge in [-0.1, -0.05) is 34.5 Å². The quantitative estimate of drug-likeness (QED) is 0.495. The second kappa shape index (κ2) is 9.75. The van der Waals surface area contributed by atoms with E-state index >= 15 is 0 Å². The summed E-state index contributed by atoms with van der Waals surface area (Å²) in [6.07, 6.45) is 0. The molecule has 0 bridgehead atoms. The van der Waals surface area contributed by atoms with Crippen molar-refractivity contribution >= 4 is 67.6 Å². The van der Waals surface area contributed by atoms with Gasteiger partial charge < -0.3 is 20.7 Å². The highest BCUT2D eigenvalue weighted by Gasteiger charge is 2.13. The predicted octanol–water partition coefficient (Wildman–Crippen LogP) is 3.10. The monoisotopic (exact) mass is 466 g/mol. The van der Waals surface area contributed by atoms with Gasteiger partial charge in [0, 0.05) is 5.02 Å². The van der Waals surface area contributed by atoms with Gasteiger partial charge >= 0.3 is 0 Å². The fourth-order valence-corrected chi connectivity index (χ4v) is 3.82. The molecule has 0 saturated carbocycles. The number of carbonyl (C=O) groups is 3. The van der Waals surface area contributed by atoms with Crippen LogP contribution >= 0.6 is 34.5 Å². The second-order valence-electron chi connectivity index (χ2n) is 5.98. The lowest BCUT2D eigenvalue weighted by Crippen LogP contribution is -2.40. The Morgan fingerprint density at radius 2 is 1.80 bits per heavy atom. The van der Waals surface area contributed by atoms with Crippen LogP contribution in [0.2, 0.25) is 10.0 Å². The zero-order valence-electron chi connectivity index (χ0n) is 15.6. The van der Waals surface area contributed by atoms with Crippen molar-refractivity contribution in [2.75, 3.05) is 25.5 Å². The molecule has 0 fully saturated rings. The van der Waals surface area contributed by atoms with Gasteiger partial charge in [0.1, 0.15) is 5.75 Å². The van der Waals surface area contributed by atoms with E-state index in [0.717, 1.165) is 10.2 Å². The van der Waals surface area contributed by atoms with Crippen LogP contribution in [0.25, 0.3) is 10.2 Å². The lowest BCUT2D eigenvalue weighted by Gasteiger charge is -2.08. The first-order valence-electron chi connectivity index (χ1n) is 8.60. The van der Waals surface area contributed by atoms with Crippen molar-refractivity contribution in [2.45, 2.75) is 0 Å². The average molecular weight is 467 g/mol. The van der Waals surface area contributed by atoms with Crippen LogP contribution in [0.15, 0.2) is 36.4 Å². The fourth-order valence-electron chi connectivity index (χ4n) is 2.42. The number of rotatable bonds is 7. The first kappa shape index (κ1) is 21.8. The second-order valence-corrected chi connectivity index (χ2v) is 7.86. The van der Waals surface area contributed by atoms with Gasteiger partial charge in [-0.05, 0) is 36.4 Å². The molecule has 156 valence electrons. The number of methoxy groups -OCH3 is 1. The standard InChI is InChI=1S/C19H16Cl2N4O4S/c1-29-11-3-5-14-15(7-11)30-19(24-14)25-17(27)9-22-16(26)8-23-18(28)12-4-2-10(20)6-13(12)21/h2-7H,8-9H2,1H3,(H,22,26)(H,23,28)(H,24,25,27). The number of benzene rings is 2. The van der Waals surface area contributed by atoms with E-state index in [4.69, 9.17) is 27.9 Å². The molecule has 3 N–H and O–H groups in total. The van der Waals surface area contributed by atoms with Crippen LogP contribution in [0, 0.1) is 0 Å². The summed E-state index contributed by atoms with van der Waals surface area (Å²) in [5.74, 6) is -0.807. The maximum Gasteiger partial charge on any atom is 0.253 e. The zero-order chi connectivity index (χ0) is 21.7. The van der Waals surface area contributed by atoms with Crippen LogP contribution in [0.3, 0.4) is 0 Å². The van der Waals surface area contributed by atoms with Crippen molar-refractivity contribution in [2.24, 2.45) is 0 Å². The molecule has 1 heterocycles. The zero-order valence-corrected chi connectivity index (χ0v) is 18.0. The van der Waals surface area contributed by atoms with Gasteiger partial charge in [-0.2, -0.15) is 0 Å². The number of thiazole rings is 1. The van der Waals surface area contributed by atoms with E-state index in [9.17, 15) is 14.4 Å². The molecule has 1 aromatic heterocycles. The fraction of sp³-hybridized carbons (Fsp3) is 0.158. The van der Waals surface area contributed by atoms with Crippen molar-refractivity contribution in [3.63, 3.8) is 0 Å². The molecule has 0 aliphatic heterocycles. The third-order valence-electron chi connectivity index (χ3n) is 3.87. The van der Waals surface area contributed by atoms with Gasteiger partial charge in [-0.25, -0.2) is 4.98 Å². The summed E-state index contributed by atoms with van der Waals surface area (Å²) >= 11 is 13.0. The Hall–Kier alpha value is -2.88. The molecule has 0 saturated heterocycles. The summed E-state index contributed by atoms with van der Waals surface area (Å²) in [7, 11) is 1.57. The molecule has 0 unspecified atom stereocenters. The Morgan fingerprint density at radius 1 is 1.03 bits per heavy atom. The van der Waals surface area contributed by atoms with E-state index in [1.54, 1.807) is 19.2 Å². The van der Waals surface area contributed by atoms with Gasteiger partial charge in [0.05, 0.1) is 41.0 Å². The third kappa shape index (κ3) is 5.59. The van der Waals surface area contributed by atoms with Crippen molar-refractivity contribution in [1.82, 2.24) is 15.6 Å². The smallest absolute Gasteiger partial charge is 0.253 e. The number of hydrogen-bond donors (Lipinski definition) is 3. The largest absolute Gasteiger partial charge is 0.497 e. The van der Waals surface area contributed by atoms with Gasteiger partial charge in [0.25, 0.3) is 5.91 Å². The lowest BCUT2D eigenvalue weighted by molar-refractivity contribution is -0.123. The van der Waals surface area contributed by atoms with E-state index in [1.165, 1.54) is 29.5 Å². The number of anilines is 1. The molecule has 0 spiro atoms. The molecule has 8 nitrogen and oxygen atoms in total. The van der Waals surface area contributed by atoms with E-state index < -0.39 is 17.7 Å². The number of hydrogen-bond acceptors (Lipinski definition) is 6. The Balaban J connectivity index is 1.46. The minimum atomic E-state index is -0.530. The van der Waals surface area contributed by atoms with Gasteiger partial charge in [0.15, 0.2) is 5.13 Å². The Bertz CT molecular complexity index is 1120. The number of ether oxygens (including phenoxy) is 1. The molecular formula is C19H16Cl2N4O4S. The Labute approximate surface area is 185 Å². The number of aromatic nitrogens is 1. The van der Waals surface area contributed by atoms with Crippen LogP contribution in [-0.4, -0.2) is 42.9 Å². The number of carbonyl (C=O) groups excluding carboxylic acids is 3. The lowest BCUT2D eigenvalue weighted by atomic mass is 10.2. The summed E-state index contributed by atoms with van der Waals surface area (Å²) in [5.41, 5.74) is 0.919. The first-order chi connectivity index (χ1) is 14.4. The highest BCUT2D eigenvalue weighted by atomic mass is 35.5. The number of halogens is 2. The van der Waals surface area contributed by atoms with Crippen molar-refractivity contribution in [1.29, 1.82) is 0 Å². The molecule has 0 radical (unpaired) electrons. The highest BCUT2D eigenvalue weighted by molar-refractivity contribution is 7.22. The van der Waals surface area contributed by atoms with E-state index in [2.05, 4.69) is 20.9 Å². The number of nitrogens with one attached hydrogen (secondary N) is 3. The Morgan fingerprint density at radius 3 is 2.53 bits per heavy atom. The topological polar surface area (TPSA) is 109 Å². The molecular weight excluding hydrogens is 451 g/mol. The number of nitrogens with zero attached hydrogens (tertiary/aromatic N) is 1. The maximum absolute atomic E-state index is 12.1. The van der Waals surface area contributed by atoms with Crippen molar-refractivity contribution < 1.29 is 19.1 Å². The molecule has 30 heavy (non-hydrogen) atoms.